The van der Waals surface area contributed by atoms with E-state index in [9.17, 15) is 44.4 Å². The number of amides is 1. The van der Waals surface area contributed by atoms with E-state index in [0.717, 1.165) is 51.9 Å². The molecular formula is C24H39NO9. The number of hydrogen-bond donors (Lipinski definition) is 5. The second kappa shape index (κ2) is 13.9. The first-order valence-electron chi connectivity index (χ1n) is 12.1. The summed E-state index contributed by atoms with van der Waals surface area (Å²) in [5.41, 5.74) is -4.23. The average molecular weight is 486 g/mol. The molecule has 34 heavy (non-hydrogen) atoms. The summed E-state index contributed by atoms with van der Waals surface area (Å²) in [6, 6.07) is 0. The fourth-order valence-corrected chi connectivity index (χ4v) is 5.67. The summed E-state index contributed by atoms with van der Waals surface area (Å²) in [6.45, 7) is 0.596. The lowest BCUT2D eigenvalue weighted by atomic mass is 9.51. The van der Waals surface area contributed by atoms with Crippen LogP contribution < -0.4 is 5.32 Å². The molecular weight excluding hydrogens is 446 g/mol. The Balaban J connectivity index is 3.73. The van der Waals surface area contributed by atoms with Gasteiger partial charge >= 0.3 is 23.9 Å². The molecule has 1 unspecified atom stereocenters. The van der Waals surface area contributed by atoms with Crippen molar-refractivity contribution in [3.8, 4) is 0 Å². The van der Waals surface area contributed by atoms with Crippen molar-refractivity contribution in [1.29, 1.82) is 0 Å². The molecule has 0 saturated heterocycles. The number of carboxylic acid groups (broad SMARTS) is 4. The Morgan fingerprint density at radius 1 is 0.676 bits per heavy atom. The SMILES string of the molecule is CC(=O)NCC(CC(=O)O)(CC(=O)O)C(CC(=O)O)(C(=O)O)C1CCCCCCCCCCC1. The molecule has 0 aromatic rings. The van der Waals surface area contributed by atoms with Crippen LogP contribution in [0.15, 0.2) is 0 Å². The zero-order chi connectivity index (χ0) is 25.8. The molecule has 0 radical (unpaired) electrons. The normalized spacial score (nSPS) is 18.5. The van der Waals surface area contributed by atoms with Crippen LogP contribution in [0.2, 0.25) is 0 Å². The first-order chi connectivity index (χ1) is 16.0. The second-order valence-electron chi connectivity index (χ2n) is 9.63. The van der Waals surface area contributed by atoms with Gasteiger partial charge in [0.2, 0.25) is 5.91 Å². The van der Waals surface area contributed by atoms with Gasteiger partial charge in [-0.2, -0.15) is 0 Å². The molecule has 5 N–H and O–H groups in total. The second-order valence-corrected chi connectivity index (χ2v) is 9.63. The zero-order valence-electron chi connectivity index (χ0n) is 20.0. The fraction of sp³-hybridized carbons (Fsp3) is 0.792. The summed E-state index contributed by atoms with van der Waals surface area (Å²) in [6.07, 6.45) is 6.11. The van der Waals surface area contributed by atoms with Crippen LogP contribution in [0, 0.1) is 16.7 Å². The topological polar surface area (TPSA) is 178 Å². The molecule has 0 aromatic carbocycles. The Bertz CT molecular complexity index is 708. The fourth-order valence-electron chi connectivity index (χ4n) is 5.67. The predicted octanol–water partition coefficient (Wildman–Crippen LogP) is 3.52. The Morgan fingerprint density at radius 3 is 1.38 bits per heavy atom. The molecule has 0 bridgehead atoms. The lowest BCUT2D eigenvalue weighted by molar-refractivity contribution is -0.181. The van der Waals surface area contributed by atoms with E-state index in [0.29, 0.717) is 25.7 Å². The maximum atomic E-state index is 13.0. The molecule has 0 aliphatic heterocycles. The maximum absolute atomic E-state index is 13.0. The van der Waals surface area contributed by atoms with Crippen LogP contribution in [-0.4, -0.2) is 56.8 Å². The van der Waals surface area contributed by atoms with E-state index < -0.39 is 72.3 Å². The van der Waals surface area contributed by atoms with E-state index in [1.54, 1.807) is 0 Å². The molecule has 0 heterocycles. The molecule has 0 spiro atoms. The van der Waals surface area contributed by atoms with Crippen molar-refractivity contribution in [2.75, 3.05) is 6.54 Å². The van der Waals surface area contributed by atoms with Crippen LogP contribution in [0.4, 0.5) is 0 Å². The van der Waals surface area contributed by atoms with Gasteiger partial charge < -0.3 is 25.7 Å². The van der Waals surface area contributed by atoms with E-state index in [4.69, 9.17) is 0 Å². The molecule has 0 aromatic heterocycles. The van der Waals surface area contributed by atoms with Crippen LogP contribution in [-0.2, 0) is 24.0 Å². The Morgan fingerprint density at radius 2 is 1.06 bits per heavy atom. The number of aliphatic carboxylic acids is 4. The van der Waals surface area contributed by atoms with Crippen molar-refractivity contribution < 1.29 is 44.4 Å². The third-order valence-corrected chi connectivity index (χ3v) is 7.22. The summed E-state index contributed by atoms with van der Waals surface area (Å²) in [4.78, 5) is 60.7. The third-order valence-electron chi connectivity index (χ3n) is 7.22. The number of carbonyl (C=O) groups is 5. The van der Waals surface area contributed by atoms with Crippen molar-refractivity contribution in [3.63, 3.8) is 0 Å². The number of nitrogens with one attached hydrogen (secondary N) is 1. The van der Waals surface area contributed by atoms with E-state index >= 15 is 0 Å². The highest BCUT2D eigenvalue weighted by Gasteiger charge is 2.62. The van der Waals surface area contributed by atoms with E-state index in [1.807, 2.05) is 0 Å². The van der Waals surface area contributed by atoms with Gasteiger partial charge in [-0.15, -0.1) is 0 Å². The quantitative estimate of drug-likeness (QED) is 0.293. The summed E-state index contributed by atoms with van der Waals surface area (Å²) in [5, 5.41) is 42.2. The molecule has 1 fully saturated rings. The number of carboxylic acids is 4. The standard InChI is InChI=1S/C24H39NO9/c1-17(26)25-16-23(13-19(27)28,14-20(29)30)24(22(33)34,15-21(31)32)18-11-9-7-5-3-2-4-6-8-10-12-18/h18H,2-16H2,1H3,(H,25,26)(H,27,28)(H,29,30)(H,31,32)(H,33,34). The van der Waals surface area contributed by atoms with Crippen LogP contribution in [0.3, 0.4) is 0 Å². The van der Waals surface area contributed by atoms with Gasteiger partial charge in [-0.1, -0.05) is 57.8 Å². The molecule has 10 heteroatoms. The van der Waals surface area contributed by atoms with Crippen LogP contribution >= 0.6 is 0 Å². The predicted molar refractivity (Wildman–Crippen MR) is 122 cm³/mol. The molecule has 1 aliphatic carbocycles. The summed E-state index contributed by atoms with van der Waals surface area (Å²) in [7, 11) is 0. The molecule has 1 atom stereocenters. The largest absolute Gasteiger partial charge is 0.481 e. The maximum Gasteiger partial charge on any atom is 0.311 e. The number of hydrogen-bond acceptors (Lipinski definition) is 5. The molecule has 1 amide bonds. The molecule has 10 nitrogen and oxygen atoms in total. The summed E-state index contributed by atoms with van der Waals surface area (Å²) < 4.78 is 0. The number of rotatable bonds is 11. The Labute approximate surface area is 200 Å². The van der Waals surface area contributed by atoms with Crippen molar-refractivity contribution in [2.24, 2.45) is 16.7 Å². The highest BCUT2D eigenvalue weighted by Crippen LogP contribution is 2.55. The minimum Gasteiger partial charge on any atom is -0.481 e. The summed E-state index contributed by atoms with van der Waals surface area (Å²) >= 11 is 0. The first-order valence-corrected chi connectivity index (χ1v) is 12.1. The lowest BCUT2D eigenvalue weighted by Crippen LogP contribution is -2.59. The van der Waals surface area contributed by atoms with Crippen LogP contribution in [0.5, 0.6) is 0 Å². The van der Waals surface area contributed by atoms with E-state index in [2.05, 4.69) is 5.32 Å². The summed E-state index contributed by atoms with van der Waals surface area (Å²) in [5.74, 6) is -7.22. The first kappa shape index (κ1) is 29.4. The third kappa shape index (κ3) is 8.29. The molecule has 194 valence electrons. The van der Waals surface area contributed by atoms with Gasteiger partial charge in [-0.3, -0.25) is 24.0 Å². The van der Waals surface area contributed by atoms with Gasteiger partial charge in [0.25, 0.3) is 0 Å². The van der Waals surface area contributed by atoms with Gasteiger partial charge in [0.1, 0.15) is 0 Å². The van der Waals surface area contributed by atoms with Crippen molar-refractivity contribution in [1.82, 2.24) is 5.32 Å². The van der Waals surface area contributed by atoms with Gasteiger partial charge in [0, 0.05) is 18.9 Å². The number of carbonyl (C=O) groups excluding carboxylic acids is 1. The molecule has 1 saturated carbocycles. The Kier molecular flexibility index (Phi) is 12.0. The molecule has 1 rings (SSSR count). The van der Waals surface area contributed by atoms with E-state index in [-0.39, 0.29) is 0 Å². The van der Waals surface area contributed by atoms with Gasteiger partial charge in [-0.25, -0.2) is 0 Å². The van der Waals surface area contributed by atoms with Crippen molar-refractivity contribution >= 4 is 29.8 Å². The average Bonchev–Trinajstić information content (AvgIpc) is 2.69. The monoisotopic (exact) mass is 485 g/mol. The highest BCUT2D eigenvalue weighted by atomic mass is 16.4. The van der Waals surface area contributed by atoms with Crippen molar-refractivity contribution in [2.45, 2.75) is 96.8 Å². The van der Waals surface area contributed by atoms with Crippen LogP contribution in [0.1, 0.15) is 96.8 Å². The van der Waals surface area contributed by atoms with Gasteiger partial charge in [-0.05, 0) is 18.8 Å². The minimum atomic E-state index is -2.19. The van der Waals surface area contributed by atoms with Gasteiger partial charge in [0.05, 0.1) is 24.7 Å². The van der Waals surface area contributed by atoms with E-state index in [1.165, 1.54) is 0 Å². The minimum absolute atomic E-state index is 0.348. The lowest BCUT2D eigenvalue weighted by Gasteiger charge is -2.50. The zero-order valence-corrected chi connectivity index (χ0v) is 20.0. The van der Waals surface area contributed by atoms with Crippen LogP contribution in [0.25, 0.3) is 0 Å². The Hall–Kier alpha value is -2.65. The smallest absolute Gasteiger partial charge is 0.311 e. The molecule has 1 aliphatic rings. The van der Waals surface area contributed by atoms with Crippen molar-refractivity contribution in [3.05, 3.63) is 0 Å². The highest BCUT2D eigenvalue weighted by molar-refractivity contribution is 5.86. The van der Waals surface area contributed by atoms with Gasteiger partial charge in [0.15, 0.2) is 0 Å².